The smallest absolute Gasteiger partial charge is 0.311 e. The zero-order valence-electron chi connectivity index (χ0n) is 11.5. The molecule has 0 unspecified atom stereocenters. The molecule has 1 atom stereocenters. The Kier molecular flexibility index (Phi) is 5.73. The van der Waals surface area contributed by atoms with Gasteiger partial charge in [-0.05, 0) is 32.1 Å². The van der Waals surface area contributed by atoms with Crippen LogP contribution in [0, 0.1) is 5.92 Å². The summed E-state index contributed by atoms with van der Waals surface area (Å²) in [6, 6.07) is 0. The number of nitrogens with zero attached hydrogens (tertiary/aromatic N) is 2. The van der Waals surface area contributed by atoms with E-state index in [1.165, 1.54) is 11.3 Å². The van der Waals surface area contributed by atoms with Crippen molar-refractivity contribution in [3.8, 4) is 0 Å². The second kappa shape index (κ2) is 7.79. The lowest BCUT2D eigenvalue weighted by atomic mass is 9.96. The first-order chi connectivity index (χ1) is 9.78. The van der Waals surface area contributed by atoms with E-state index in [4.69, 9.17) is 4.74 Å². The van der Waals surface area contributed by atoms with Crippen LogP contribution in [-0.2, 0) is 16.0 Å². The van der Waals surface area contributed by atoms with Crippen molar-refractivity contribution in [3.63, 3.8) is 0 Å². The Morgan fingerprint density at radius 3 is 3.30 bits per heavy atom. The van der Waals surface area contributed by atoms with Crippen molar-refractivity contribution in [1.29, 1.82) is 0 Å². The molecule has 0 aromatic carbocycles. The first-order valence-electron chi connectivity index (χ1n) is 6.82. The number of hydrogen-bond donors (Lipinski definition) is 1. The Morgan fingerprint density at radius 2 is 2.55 bits per heavy atom. The average Bonchev–Trinajstić information content (AvgIpc) is 2.88. The summed E-state index contributed by atoms with van der Waals surface area (Å²) in [6.07, 6.45) is 9.88. The lowest BCUT2D eigenvalue weighted by molar-refractivity contribution is -0.142. The number of aromatic nitrogens is 1. The van der Waals surface area contributed by atoms with Crippen LogP contribution in [0.2, 0.25) is 0 Å². The van der Waals surface area contributed by atoms with Gasteiger partial charge in [-0.3, -0.25) is 10.2 Å². The molecule has 1 aliphatic rings. The number of hydrazone groups is 1. The fraction of sp³-hybridized carbons (Fsp3) is 0.500. The molecule has 0 fully saturated rings. The first-order valence-corrected chi connectivity index (χ1v) is 7.70. The molecule has 0 saturated carbocycles. The molecule has 2 rings (SSSR count). The predicted octanol–water partition coefficient (Wildman–Crippen LogP) is 3.00. The Labute approximate surface area is 122 Å². The van der Waals surface area contributed by atoms with Crippen LogP contribution in [0.15, 0.2) is 22.6 Å². The van der Waals surface area contributed by atoms with Gasteiger partial charge in [0.25, 0.3) is 0 Å². The molecule has 0 saturated heterocycles. The molecule has 5 nitrogen and oxygen atoms in total. The fourth-order valence-electron chi connectivity index (χ4n) is 1.95. The minimum absolute atomic E-state index is 0.211. The van der Waals surface area contributed by atoms with Crippen molar-refractivity contribution in [3.05, 3.63) is 23.2 Å². The van der Waals surface area contributed by atoms with Crippen LogP contribution in [-0.4, -0.2) is 23.8 Å². The third-order valence-electron chi connectivity index (χ3n) is 2.94. The van der Waals surface area contributed by atoms with E-state index >= 15 is 0 Å². The van der Waals surface area contributed by atoms with Gasteiger partial charge in [0.15, 0.2) is 0 Å². The molecule has 0 bridgehead atoms. The quantitative estimate of drug-likeness (QED) is 0.379. The molecule has 0 amide bonds. The van der Waals surface area contributed by atoms with Crippen molar-refractivity contribution in [2.24, 2.45) is 11.0 Å². The highest BCUT2D eigenvalue weighted by molar-refractivity contribution is 7.13. The Balaban J connectivity index is 1.79. The van der Waals surface area contributed by atoms with Crippen LogP contribution < -0.4 is 5.43 Å². The van der Waals surface area contributed by atoms with Gasteiger partial charge in [0.2, 0.25) is 5.13 Å². The molecule has 1 aromatic rings. The van der Waals surface area contributed by atoms with Crippen LogP contribution in [0.1, 0.15) is 31.9 Å². The van der Waals surface area contributed by atoms with Crippen LogP contribution >= 0.6 is 11.3 Å². The van der Waals surface area contributed by atoms with Gasteiger partial charge in [-0.1, -0.05) is 12.2 Å². The van der Waals surface area contributed by atoms with Gasteiger partial charge in [0.05, 0.1) is 18.7 Å². The molecule has 1 aliphatic carbocycles. The summed E-state index contributed by atoms with van der Waals surface area (Å²) in [5, 5.41) is 6.76. The molecule has 20 heavy (non-hydrogen) atoms. The van der Waals surface area contributed by atoms with E-state index < -0.39 is 0 Å². The number of carbonyl (C=O) groups is 1. The number of esters is 1. The molecule has 0 spiro atoms. The molecule has 0 radical (unpaired) electrons. The van der Waals surface area contributed by atoms with E-state index in [1.54, 1.807) is 6.92 Å². The largest absolute Gasteiger partial charge is 0.466 e. The summed E-state index contributed by atoms with van der Waals surface area (Å²) in [5.41, 5.74) is 3.63. The van der Waals surface area contributed by atoms with Crippen molar-refractivity contribution in [2.45, 2.75) is 32.6 Å². The van der Waals surface area contributed by atoms with E-state index in [0.717, 1.165) is 19.3 Å². The fourth-order valence-corrected chi connectivity index (χ4v) is 2.61. The number of carbonyl (C=O) groups excluding carboxylic acids is 1. The SMILES string of the molecule is CCOC(=O)Cc1csc(NN=C[C@H]2CC=CCC2)n1. The lowest BCUT2D eigenvalue weighted by Gasteiger charge is -2.11. The van der Waals surface area contributed by atoms with E-state index in [9.17, 15) is 4.79 Å². The molecular formula is C14H19N3O2S. The second-order valence-corrected chi connectivity index (χ2v) is 5.42. The summed E-state index contributed by atoms with van der Waals surface area (Å²) in [7, 11) is 0. The highest BCUT2D eigenvalue weighted by Gasteiger charge is 2.09. The van der Waals surface area contributed by atoms with Gasteiger partial charge < -0.3 is 4.74 Å². The number of allylic oxidation sites excluding steroid dienone is 2. The van der Waals surface area contributed by atoms with Crippen molar-refractivity contribution in [1.82, 2.24) is 4.98 Å². The van der Waals surface area contributed by atoms with E-state index in [0.29, 0.717) is 23.4 Å². The molecule has 6 heteroatoms. The van der Waals surface area contributed by atoms with Gasteiger partial charge in [0, 0.05) is 11.6 Å². The first kappa shape index (κ1) is 14.7. The molecular weight excluding hydrogens is 274 g/mol. The minimum atomic E-state index is -0.248. The maximum Gasteiger partial charge on any atom is 0.311 e. The summed E-state index contributed by atoms with van der Waals surface area (Å²) in [6.45, 7) is 2.19. The number of nitrogens with one attached hydrogen (secondary N) is 1. The van der Waals surface area contributed by atoms with Crippen molar-refractivity contribution in [2.75, 3.05) is 12.0 Å². The van der Waals surface area contributed by atoms with E-state index in [2.05, 4.69) is 27.7 Å². The third kappa shape index (κ3) is 4.77. The summed E-state index contributed by atoms with van der Waals surface area (Å²) < 4.78 is 4.88. The number of hydrogen-bond acceptors (Lipinski definition) is 6. The van der Waals surface area contributed by atoms with Crippen LogP contribution in [0.5, 0.6) is 0 Å². The van der Waals surface area contributed by atoms with Gasteiger partial charge in [0.1, 0.15) is 0 Å². The minimum Gasteiger partial charge on any atom is -0.466 e. The van der Waals surface area contributed by atoms with Crippen LogP contribution in [0.3, 0.4) is 0 Å². The van der Waals surface area contributed by atoms with Gasteiger partial charge >= 0.3 is 5.97 Å². The normalized spacial score (nSPS) is 18.4. The standard InChI is InChI=1S/C14H19N3O2S/c1-2-19-13(18)8-12-10-20-14(16-12)17-15-9-11-6-4-3-5-7-11/h3-4,9-11H,2,5-8H2,1H3,(H,16,17)/t11-/m0/s1. The van der Waals surface area contributed by atoms with Crippen LogP contribution in [0.25, 0.3) is 0 Å². The number of rotatable bonds is 6. The molecule has 1 N–H and O–H groups in total. The zero-order chi connectivity index (χ0) is 14.2. The van der Waals surface area contributed by atoms with Gasteiger partial charge in [-0.2, -0.15) is 5.10 Å². The topological polar surface area (TPSA) is 63.6 Å². The summed E-state index contributed by atoms with van der Waals surface area (Å²) in [5.74, 6) is 0.258. The number of ether oxygens (including phenoxy) is 1. The number of thiazole rings is 1. The zero-order valence-corrected chi connectivity index (χ0v) is 12.4. The van der Waals surface area contributed by atoms with Crippen LogP contribution in [0.4, 0.5) is 5.13 Å². The predicted molar refractivity (Wildman–Crippen MR) is 81.0 cm³/mol. The molecule has 0 aliphatic heterocycles. The highest BCUT2D eigenvalue weighted by Crippen LogP contribution is 2.18. The highest BCUT2D eigenvalue weighted by atomic mass is 32.1. The maximum atomic E-state index is 11.3. The molecule has 1 aromatic heterocycles. The maximum absolute atomic E-state index is 11.3. The number of anilines is 1. The third-order valence-corrected chi connectivity index (χ3v) is 3.73. The second-order valence-electron chi connectivity index (χ2n) is 4.56. The van der Waals surface area contributed by atoms with E-state index in [-0.39, 0.29) is 12.4 Å². The Bertz CT molecular complexity index is 496. The average molecular weight is 293 g/mol. The van der Waals surface area contributed by atoms with Gasteiger partial charge in [-0.15, -0.1) is 11.3 Å². The molecule has 1 heterocycles. The Morgan fingerprint density at radius 1 is 1.65 bits per heavy atom. The summed E-state index contributed by atoms with van der Waals surface area (Å²) in [4.78, 5) is 15.6. The van der Waals surface area contributed by atoms with Crippen molar-refractivity contribution < 1.29 is 9.53 Å². The Hall–Kier alpha value is -1.69. The summed E-state index contributed by atoms with van der Waals surface area (Å²) >= 11 is 1.44. The lowest BCUT2D eigenvalue weighted by Crippen LogP contribution is -2.07. The monoisotopic (exact) mass is 293 g/mol. The van der Waals surface area contributed by atoms with E-state index in [1.807, 2.05) is 11.6 Å². The van der Waals surface area contributed by atoms with Gasteiger partial charge in [-0.25, -0.2) is 4.98 Å². The molecule has 108 valence electrons. The van der Waals surface area contributed by atoms with Crippen molar-refractivity contribution >= 4 is 28.7 Å².